The maximum atomic E-state index is 13.2. The number of nitrogens with one attached hydrogen (secondary N) is 1. The lowest BCUT2D eigenvalue weighted by molar-refractivity contribution is -0.302. The highest BCUT2D eigenvalue weighted by molar-refractivity contribution is 5.80. The quantitative estimate of drug-likeness (QED) is 0.0232. The molecule has 1 aliphatic heterocycles. The van der Waals surface area contributed by atoms with E-state index in [0.29, 0.717) is 19.3 Å². The lowest BCUT2D eigenvalue weighted by atomic mass is 9.99. The van der Waals surface area contributed by atoms with E-state index in [4.69, 9.17) is 9.47 Å². The Balaban J connectivity index is 2.11. The first-order chi connectivity index (χ1) is 39.3. The van der Waals surface area contributed by atoms with Gasteiger partial charge >= 0.3 is 0 Å². The molecule has 10 nitrogen and oxygen atoms in total. The second-order valence-electron chi connectivity index (χ2n) is 24.1. The molecule has 1 fully saturated rings. The number of ether oxygens (including phenoxy) is 2. The van der Waals surface area contributed by atoms with Crippen molar-refractivity contribution in [2.75, 3.05) is 13.2 Å². The van der Waals surface area contributed by atoms with Crippen LogP contribution < -0.4 is 5.32 Å². The molecule has 80 heavy (non-hydrogen) atoms. The molecule has 0 bridgehead atoms. The smallest absolute Gasteiger partial charge is 0.249 e. The van der Waals surface area contributed by atoms with Crippen molar-refractivity contribution in [3.63, 3.8) is 0 Å². The molecule has 10 heteroatoms. The monoisotopic (exact) mass is 1130 g/mol. The van der Waals surface area contributed by atoms with E-state index in [1.807, 2.05) is 6.08 Å². The summed E-state index contributed by atoms with van der Waals surface area (Å²) in [7, 11) is 0. The van der Waals surface area contributed by atoms with Gasteiger partial charge in [-0.2, -0.15) is 0 Å². The van der Waals surface area contributed by atoms with Gasteiger partial charge in [0.05, 0.1) is 25.4 Å². The highest BCUT2D eigenvalue weighted by Crippen LogP contribution is 2.23. The number of amides is 1. The van der Waals surface area contributed by atoms with Crippen LogP contribution >= 0.6 is 0 Å². The predicted octanol–water partition coefficient (Wildman–Crippen LogP) is 17.4. The van der Waals surface area contributed by atoms with Crippen molar-refractivity contribution in [3.8, 4) is 0 Å². The van der Waals surface area contributed by atoms with Crippen molar-refractivity contribution < 1.29 is 44.9 Å². The van der Waals surface area contributed by atoms with Crippen LogP contribution in [0.25, 0.3) is 0 Å². The zero-order chi connectivity index (χ0) is 58.0. The predicted molar refractivity (Wildman–Crippen MR) is 338 cm³/mol. The van der Waals surface area contributed by atoms with Crippen LogP contribution in [0.2, 0.25) is 0 Å². The van der Waals surface area contributed by atoms with Gasteiger partial charge in [0.1, 0.15) is 30.5 Å². The SMILES string of the molecule is CCCCCCCCC/C=C/CC/C=C/CC/C=C/C(O)C(COC1OC(CO)C(O)C(O)C1O)NC(=O)C(O)CCCCCCCCCCCCCCCCCC/C=C\CCCCCCCCCCCCCCCCCCCC. The Morgan fingerprint density at radius 3 is 1.09 bits per heavy atom. The van der Waals surface area contributed by atoms with Gasteiger partial charge in [-0.05, 0) is 70.6 Å². The van der Waals surface area contributed by atoms with Gasteiger partial charge in [-0.25, -0.2) is 0 Å². The lowest BCUT2D eigenvalue weighted by Gasteiger charge is -2.40. The lowest BCUT2D eigenvalue weighted by Crippen LogP contribution is -2.60. The number of carbonyl (C=O) groups excluding carboxylic acids is 1. The Hall–Kier alpha value is -1.89. The number of carbonyl (C=O) groups is 1. The van der Waals surface area contributed by atoms with E-state index >= 15 is 0 Å². The van der Waals surface area contributed by atoms with E-state index in [-0.39, 0.29) is 6.61 Å². The number of allylic oxidation sites excluding steroid dienone is 7. The fourth-order valence-corrected chi connectivity index (χ4v) is 11.0. The van der Waals surface area contributed by atoms with E-state index in [1.165, 1.54) is 250 Å². The topological polar surface area (TPSA) is 169 Å². The Labute approximate surface area is 493 Å². The molecule has 8 unspecified atom stereocenters. The number of rotatable bonds is 60. The van der Waals surface area contributed by atoms with Crippen LogP contribution in [0.15, 0.2) is 48.6 Å². The molecule has 0 spiro atoms. The Bertz CT molecular complexity index is 1420. The van der Waals surface area contributed by atoms with Crippen molar-refractivity contribution in [1.29, 1.82) is 0 Å². The summed E-state index contributed by atoms with van der Waals surface area (Å²) in [5.41, 5.74) is 0. The molecule has 8 atom stereocenters. The summed E-state index contributed by atoms with van der Waals surface area (Å²) in [4.78, 5) is 13.2. The van der Waals surface area contributed by atoms with Crippen molar-refractivity contribution in [2.24, 2.45) is 0 Å². The van der Waals surface area contributed by atoms with Crippen LogP contribution in [-0.4, -0.2) is 98.7 Å². The average molecular weight is 1130 g/mol. The summed E-state index contributed by atoms with van der Waals surface area (Å²) in [6.45, 7) is 3.62. The first kappa shape index (κ1) is 76.1. The maximum Gasteiger partial charge on any atom is 0.249 e. The molecule has 1 saturated heterocycles. The maximum absolute atomic E-state index is 13.2. The van der Waals surface area contributed by atoms with Crippen molar-refractivity contribution in [1.82, 2.24) is 5.32 Å². The van der Waals surface area contributed by atoms with Crippen LogP contribution in [0.1, 0.15) is 328 Å². The Kier molecular flexibility index (Phi) is 56.0. The third kappa shape index (κ3) is 46.5. The minimum Gasteiger partial charge on any atom is -0.394 e. The summed E-state index contributed by atoms with van der Waals surface area (Å²) < 4.78 is 11.2. The molecule has 0 aromatic carbocycles. The second kappa shape index (κ2) is 58.9. The molecule has 0 aromatic heterocycles. The molecule has 1 heterocycles. The average Bonchev–Trinajstić information content (AvgIpc) is 3.46. The van der Waals surface area contributed by atoms with Crippen LogP contribution in [0.3, 0.4) is 0 Å². The van der Waals surface area contributed by atoms with E-state index < -0.39 is 61.5 Å². The van der Waals surface area contributed by atoms with Crippen molar-refractivity contribution in [3.05, 3.63) is 48.6 Å². The minimum atomic E-state index is -1.62. The molecule has 0 aliphatic carbocycles. The number of unbranched alkanes of at least 4 members (excludes halogenated alkanes) is 43. The summed E-state index contributed by atoms with van der Waals surface area (Å²) in [6, 6.07) is -1.00. The molecule has 7 N–H and O–H groups in total. The standard InChI is InChI=1S/C70H131NO9/c1-3-5-7-9-11-13-15-17-19-21-22-23-24-25-26-27-28-29-30-31-32-33-34-35-36-37-38-39-40-41-43-45-47-49-51-53-55-57-59-64(74)69(78)71-62(61-79-70-68(77)67(76)66(75)65(60-72)80-70)63(73)58-56-54-52-50-48-46-44-42-20-18-16-14-12-10-8-6-4-2/h20,31-32,42,48,50,56,58,62-68,70,72-77H,3-19,21-30,33-41,43-47,49,51-55,57,59-61H2,1-2H3,(H,71,78)/b32-31-,42-20+,50-48+,58-56+. The third-order valence-electron chi connectivity index (χ3n) is 16.5. The van der Waals surface area contributed by atoms with Gasteiger partial charge in [-0.1, -0.05) is 306 Å². The first-order valence-electron chi connectivity index (χ1n) is 34.5. The van der Waals surface area contributed by atoms with Gasteiger partial charge in [0.2, 0.25) is 5.91 Å². The number of hydrogen-bond donors (Lipinski definition) is 7. The molecule has 0 aromatic rings. The van der Waals surface area contributed by atoms with Gasteiger partial charge in [-0.3, -0.25) is 4.79 Å². The van der Waals surface area contributed by atoms with Crippen LogP contribution in [0.5, 0.6) is 0 Å². The molecule has 0 saturated carbocycles. The Morgan fingerprint density at radius 2 is 0.738 bits per heavy atom. The fourth-order valence-electron chi connectivity index (χ4n) is 11.0. The molecule has 1 amide bonds. The van der Waals surface area contributed by atoms with Crippen molar-refractivity contribution >= 4 is 5.91 Å². The van der Waals surface area contributed by atoms with Crippen molar-refractivity contribution in [2.45, 2.75) is 377 Å². The molecular formula is C70H131NO9. The number of aliphatic hydroxyl groups excluding tert-OH is 6. The fraction of sp³-hybridized carbons (Fsp3) is 0.871. The van der Waals surface area contributed by atoms with Crippen LogP contribution in [-0.2, 0) is 14.3 Å². The van der Waals surface area contributed by atoms with E-state index in [0.717, 1.165) is 44.9 Å². The summed E-state index contributed by atoms with van der Waals surface area (Å²) >= 11 is 0. The Morgan fingerprint density at radius 1 is 0.425 bits per heavy atom. The van der Waals surface area contributed by atoms with Crippen LogP contribution in [0, 0.1) is 0 Å². The van der Waals surface area contributed by atoms with E-state index in [2.05, 4.69) is 55.6 Å². The third-order valence-corrected chi connectivity index (χ3v) is 16.5. The van der Waals surface area contributed by atoms with E-state index in [1.54, 1.807) is 6.08 Å². The minimum absolute atomic E-state index is 0.302. The summed E-state index contributed by atoms with van der Waals surface area (Å²) in [6.07, 6.45) is 69.8. The second-order valence-corrected chi connectivity index (χ2v) is 24.1. The summed E-state index contributed by atoms with van der Waals surface area (Å²) in [5.74, 6) is -0.626. The molecular weight excluding hydrogens is 999 g/mol. The van der Waals surface area contributed by atoms with Crippen LogP contribution in [0.4, 0.5) is 0 Å². The summed E-state index contributed by atoms with van der Waals surface area (Å²) in [5, 5.41) is 65.2. The molecule has 470 valence electrons. The van der Waals surface area contributed by atoms with Gasteiger partial charge < -0.3 is 45.4 Å². The molecule has 0 radical (unpaired) electrons. The zero-order valence-corrected chi connectivity index (χ0v) is 52.2. The first-order valence-corrected chi connectivity index (χ1v) is 34.5. The largest absolute Gasteiger partial charge is 0.394 e. The molecule has 1 rings (SSSR count). The number of aliphatic hydroxyl groups is 6. The normalized spacial score (nSPS) is 19.1. The highest BCUT2D eigenvalue weighted by atomic mass is 16.7. The zero-order valence-electron chi connectivity index (χ0n) is 52.2. The van der Waals surface area contributed by atoms with E-state index in [9.17, 15) is 35.4 Å². The number of hydrogen-bond acceptors (Lipinski definition) is 9. The highest BCUT2D eigenvalue weighted by Gasteiger charge is 2.44. The van der Waals surface area contributed by atoms with Gasteiger partial charge in [0, 0.05) is 0 Å². The molecule has 1 aliphatic rings. The van der Waals surface area contributed by atoms with Gasteiger partial charge in [-0.15, -0.1) is 0 Å². The van der Waals surface area contributed by atoms with Gasteiger partial charge in [0.15, 0.2) is 6.29 Å². The van der Waals surface area contributed by atoms with Gasteiger partial charge in [0.25, 0.3) is 0 Å².